The maximum atomic E-state index is 13.9. The lowest BCUT2D eigenvalue weighted by Crippen LogP contribution is -2.48. The van der Waals surface area contributed by atoms with E-state index in [2.05, 4.69) is 14.9 Å². The van der Waals surface area contributed by atoms with E-state index in [1.54, 1.807) is 12.3 Å². The summed E-state index contributed by atoms with van der Waals surface area (Å²) in [6, 6.07) is 4.45. The summed E-state index contributed by atoms with van der Waals surface area (Å²) in [6.45, 7) is 2.88. The first-order valence-electron chi connectivity index (χ1n) is 9.02. The van der Waals surface area contributed by atoms with E-state index in [0.717, 1.165) is 38.2 Å². The monoisotopic (exact) mass is 380 g/mol. The number of anilines is 1. The number of rotatable bonds is 3. The number of halogens is 4. The van der Waals surface area contributed by atoms with Crippen LogP contribution in [0.15, 0.2) is 36.8 Å². The second-order valence-electron chi connectivity index (χ2n) is 7.19. The zero-order valence-corrected chi connectivity index (χ0v) is 14.7. The van der Waals surface area contributed by atoms with Crippen LogP contribution in [0.5, 0.6) is 0 Å². The summed E-state index contributed by atoms with van der Waals surface area (Å²) in [7, 11) is 0. The van der Waals surface area contributed by atoms with Gasteiger partial charge in [-0.2, -0.15) is 13.2 Å². The fourth-order valence-electron chi connectivity index (χ4n) is 4.12. The van der Waals surface area contributed by atoms with Crippen molar-refractivity contribution in [2.45, 2.75) is 31.6 Å². The first-order valence-corrected chi connectivity index (χ1v) is 9.02. The lowest BCUT2D eigenvalue weighted by molar-refractivity contribution is -0.137. The Morgan fingerprint density at radius 1 is 1.07 bits per heavy atom. The first-order chi connectivity index (χ1) is 12.9. The smallest absolute Gasteiger partial charge is 0.355 e. The third-order valence-corrected chi connectivity index (χ3v) is 5.61. The molecule has 2 aromatic rings. The molecule has 144 valence electrons. The lowest BCUT2D eigenvalue weighted by atomic mass is 9.92. The van der Waals surface area contributed by atoms with Gasteiger partial charge in [-0.3, -0.25) is 9.88 Å². The van der Waals surface area contributed by atoms with Crippen LogP contribution in [0.2, 0.25) is 0 Å². The predicted molar refractivity (Wildman–Crippen MR) is 92.6 cm³/mol. The van der Waals surface area contributed by atoms with E-state index in [1.807, 2.05) is 4.90 Å². The molecular formula is C19H20F4N4. The Kier molecular flexibility index (Phi) is 4.75. The molecule has 0 radical (unpaired) electrons. The van der Waals surface area contributed by atoms with Crippen molar-refractivity contribution in [2.24, 2.45) is 5.92 Å². The molecule has 0 saturated carbocycles. The Labute approximate surface area is 154 Å². The third kappa shape index (κ3) is 3.76. The fraction of sp³-hybridized carbons (Fsp3) is 0.474. The highest BCUT2D eigenvalue weighted by Crippen LogP contribution is 2.35. The number of nitrogens with zero attached hydrogens (tertiary/aromatic N) is 4. The van der Waals surface area contributed by atoms with Crippen molar-refractivity contribution in [1.29, 1.82) is 0 Å². The van der Waals surface area contributed by atoms with Gasteiger partial charge in [0.1, 0.15) is 11.6 Å². The van der Waals surface area contributed by atoms with Crippen molar-refractivity contribution < 1.29 is 17.6 Å². The molecule has 27 heavy (non-hydrogen) atoms. The zero-order chi connectivity index (χ0) is 19.0. The minimum Gasteiger partial charge on any atom is -0.355 e. The molecule has 4 heterocycles. The van der Waals surface area contributed by atoms with Crippen LogP contribution in [0, 0.1) is 11.7 Å². The second kappa shape index (κ2) is 7.07. The summed E-state index contributed by atoms with van der Waals surface area (Å²) in [5.41, 5.74) is -0.118. The molecule has 0 amide bonds. The number of hydrogen-bond donors (Lipinski definition) is 0. The number of aromatic nitrogens is 2. The Morgan fingerprint density at radius 2 is 1.89 bits per heavy atom. The molecule has 4 rings (SSSR count). The van der Waals surface area contributed by atoms with Gasteiger partial charge < -0.3 is 4.90 Å². The molecule has 8 heteroatoms. The molecule has 0 aromatic carbocycles. The average molecular weight is 380 g/mol. The van der Waals surface area contributed by atoms with Gasteiger partial charge >= 0.3 is 6.18 Å². The van der Waals surface area contributed by atoms with Crippen LogP contribution in [0.1, 0.15) is 24.0 Å². The van der Waals surface area contributed by atoms with Crippen LogP contribution in [-0.4, -0.2) is 40.5 Å². The summed E-state index contributed by atoms with van der Waals surface area (Å²) in [5, 5.41) is 0. The highest BCUT2D eigenvalue weighted by atomic mass is 19.4. The van der Waals surface area contributed by atoms with E-state index in [1.165, 1.54) is 12.3 Å². The van der Waals surface area contributed by atoms with Gasteiger partial charge in [0.25, 0.3) is 0 Å². The number of piperidine rings is 1. The van der Waals surface area contributed by atoms with Gasteiger partial charge in [-0.05, 0) is 43.5 Å². The topological polar surface area (TPSA) is 32.3 Å². The highest BCUT2D eigenvalue weighted by Gasteiger charge is 2.39. The molecule has 2 fully saturated rings. The van der Waals surface area contributed by atoms with Gasteiger partial charge in [0.15, 0.2) is 0 Å². The molecule has 0 aliphatic carbocycles. The standard InChI is InChI=1S/C19H20F4N4/c20-16-10-24-6-3-14(16)11-26-7-4-13-5-8-27(12-17(13)26)18-2-1-15(9-25-18)19(21,22)23/h1-3,6,9-10,13,17H,4-5,7-8,11-12H2. The maximum Gasteiger partial charge on any atom is 0.417 e. The summed E-state index contributed by atoms with van der Waals surface area (Å²) < 4.78 is 52.1. The van der Waals surface area contributed by atoms with Crippen molar-refractivity contribution in [3.8, 4) is 0 Å². The largest absolute Gasteiger partial charge is 0.417 e. The van der Waals surface area contributed by atoms with Crippen LogP contribution >= 0.6 is 0 Å². The molecule has 2 aliphatic rings. The summed E-state index contributed by atoms with van der Waals surface area (Å²) >= 11 is 0. The van der Waals surface area contributed by atoms with E-state index >= 15 is 0 Å². The van der Waals surface area contributed by atoms with Crippen molar-refractivity contribution in [2.75, 3.05) is 24.5 Å². The van der Waals surface area contributed by atoms with Crippen LogP contribution in [0.4, 0.5) is 23.4 Å². The number of alkyl halides is 3. The number of hydrogen-bond acceptors (Lipinski definition) is 4. The van der Waals surface area contributed by atoms with Crippen LogP contribution in [-0.2, 0) is 12.7 Å². The van der Waals surface area contributed by atoms with Crippen molar-refractivity contribution in [3.63, 3.8) is 0 Å². The Balaban J connectivity index is 1.47. The maximum absolute atomic E-state index is 13.9. The van der Waals surface area contributed by atoms with E-state index in [0.29, 0.717) is 30.4 Å². The van der Waals surface area contributed by atoms with Gasteiger partial charge in [0, 0.05) is 43.6 Å². The lowest BCUT2D eigenvalue weighted by Gasteiger charge is -2.39. The van der Waals surface area contributed by atoms with E-state index in [9.17, 15) is 17.6 Å². The minimum atomic E-state index is -4.38. The third-order valence-electron chi connectivity index (χ3n) is 5.61. The van der Waals surface area contributed by atoms with E-state index in [4.69, 9.17) is 0 Å². The SMILES string of the molecule is Fc1cnccc1CN1CCC2CCN(c3ccc(C(F)(F)F)cn3)CC21. The number of likely N-dealkylation sites (tertiary alicyclic amines) is 1. The quantitative estimate of drug-likeness (QED) is 0.760. The average Bonchev–Trinajstić information content (AvgIpc) is 3.05. The summed E-state index contributed by atoms with van der Waals surface area (Å²) in [5.74, 6) is 0.780. The fourth-order valence-corrected chi connectivity index (χ4v) is 4.12. The van der Waals surface area contributed by atoms with E-state index < -0.39 is 11.7 Å². The summed E-state index contributed by atoms with van der Waals surface area (Å²) in [6.07, 6.45) is 1.34. The molecule has 4 nitrogen and oxygen atoms in total. The van der Waals surface area contributed by atoms with Crippen LogP contribution < -0.4 is 4.90 Å². The minimum absolute atomic E-state index is 0.246. The summed E-state index contributed by atoms with van der Waals surface area (Å²) in [4.78, 5) is 12.1. The van der Waals surface area contributed by atoms with Crippen LogP contribution in [0.3, 0.4) is 0 Å². The van der Waals surface area contributed by atoms with Gasteiger partial charge in [0.05, 0.1) is 11.8 Å². The second-order valence-corrected chi connectivity index (χ2v) is 7.19. The Hall–Kier alpha value is -2.22. The van der Waals surface area contributed by atoms with Crippen molar-refractivity contribution in [3.05, 3.63) is 53.7 Å². The normalized spacial score (nSPS) is 23.5. The highest BCUT2D eigenvalue weighted by molar-refractivity contribution is 5.41. The molecule has 2 atom stereocenters. The van der Waals surface area contributed by atoms with Crippen molar-refractivity contribution >= 4 is 5.82 Å². The zero-order valence-electron chi connectivity index (χ0n) is 14.7. The molecule has 2 unspecified atom stereocenters. The van der Waals surface area contributed by atoms with E-state index in [-0.39, 0.29) is 11.9 Å². The molecule has 0 bridgehead atoms. The molecular weight excluding hydrogens is 360 g/mol. The van der Waals surface area contributed by atoms with Gasteiger partial charge in [-0.25, -0.2) is 9.37 Å². The van der Waals surface area contributed by atoms with Gasteiger partial charge in [-0.15, -0.1) is 0 Å². The molecule has 2 aliphatic heterocycles. The first kappa shape index (κ1) is 18.2. The molecule has 0 N–H and O–H groups in total. The Morgan fingerprint density at radius 3 is 2.59 bits per heavy atom. The Bertz CT molecular complexity index is 793. The van der Waals surface area contributed by atoms with Gasteiger partial charge in [-0.1, -0.05) is 0 Å². The number of pyridine rings is 2. The molecule has 2 aromatic heterocycles. The predicted octanol–water partition coefficient (Wildman–Crippen LogP) is 3.74. The van der Waals surface area contributed by atoms with Crippen molar-refractivity contribution in [1.82, 2.24) is 14.9 Å². The molecule has 0 spiro atoms. The number of fused-ring (bicyclic) bond motifs is 1. The molecule has 2 saturated heterocycles. The van der Waals surface area contributed by atoms with Gasteiger partial charge in [0.2, 0.25) is 0 Å². The van der Waals surface area contributed by atoms with Crippen LogP contribution in [0.25, 0.3) is 0 Å².